The van der Waals surface area contributed by atoms with Crippen molar-refractivity contribution in [3.63, 3.8) is 0 Å². The fraction of sp³-hybridized carbons (Fsp3) is 0.474. The van der Waals surface area contributed by atoms with E-state index < -0.39 is 6.29 Å². The summed E-state index contributed by atoms with van der Waals surface area (Å²) in [5.41, 5.74) is 15.0. The number of benzene rings is 1. The van der Waals surface area contributed by atoms with E-state index in [9.17, 15) is 0 Å². The molecule has 0 saturated carbocycles. The molecule has 2 aliphatic rings. The molecule has 1 aromatic carbocycles. The third kappa shape index (κ3) is 4.23. The predicted octanol–water partition coefficient (Wildman–Crippen LogP) is 1.44. The van der Waals surface area contributed by atoms with E-state index in [1.807, 2.05) is 38.3 Å². The molecule has 0 aromatic heterocycles. The summed E-state index contributed by atoms with van der Waals surface area (Å²) in [5.74, 6) is 2.03. The van der Waals surface area contributed by atoms with E-state index in [2.05, 4.69) is 27.5 Å². The number of aliphatic imine (C=N–C) groups is 2. The molecule has 2 aliphatic heterocycles. The molecule has 0 amide bonds. The largest absolute Gasteiger partial charge is 0.494 e. The Labute approximate surface area is 159 Å². The number of hydrogen-bond acceptors (Lipinski definition) is 8. The zero-order valence-electron chi connectivity index (χ0n) is 16.0. The summed E-state index contributed by atoms with van der Waals surface area (Å²) in [5, 5.41) is 6.58. The first-order valence-corrected chi connectivity index (χ1v) is 9.24. The topological polar surface area (TPSA) is 119 Å². The van der Waals surface area contributed by atoms with Crippen molar-refractivity contribution in [3.05, 3.63) is 29.3 Å². The average Bonchev–Trinajstić information content (AvgIpc) is 2.63. The number of nitrogens with two attached hydrogens (primary N) is 2. The third-order valence-corrected chi connectivity index (χ3v) is 4.66. The van der Waals surface area contributed by atoms with E-state index in [0.717, 1.165) is 28.3 Å². The zero-order valence-corrected chi connectivity index (χ0v) is 16.0. The maximum atomic E-state index is 6.12. The van der Waals surface area contributed by atoms with Gasteiger partial charge in [0.15, 0.2) is 6.29 Å². The van der Waals surface area contributed by atoms with Crippen molar-refractivity contribution in [2.45, 2.75) is 33.2 Å². The van der Waals surface area contributed by atoms with Crippen molar-refractivity contribution in [2.24, 2.45) is 27.4 Å². The van der Waals surface area contributed by atoms with E-state index in [-0.39, 0.29) is 12.1 Å². The highest BCUT2D eigenvalue weighted by atomic mass is 16.5. The van der Waals surface area contributed by atoms with Crippen LogP contribution in [-0.2, 0) is 0 Å². The lowest BCUT2D eigenvalue weighted by Crippen LogP contribution is -2.55. The molecule has 8 heteroatoms. The van der Waals surface area contributed by atoms with Crippen molar-refractivity contribution in [2.75, 3.05) is 25.1 Å². The molecule has 0 spiro atoms. The number of dihydropyridines is 1. The highest BCUT2D eigenvalue weighted by Crippen LogP contribution is 2.31. The molecule has 1 aromatic rings. The van der Waals surface area contributed by atoms with Gasteiger partial charge < -0.3 is 20.5 Å². The Bertz CT molecular complexity index is 773. The Morgan fingerprint density at radius 2 is 2.00 bits per heavy atom. The van der Waals surface area contributed by atoms with Gasteiger partial charge in [-0.3, -0.25) is 16.0 Å². The van der Waals surface area contributed by atoms with Crippen LogP contribution in [0, 0.1) is 5.92 Å². The zero-order chi connectivity index (χ0) is 19.4. The fourth-order valence-electron chi connectivity index (χ4n) is 3.33. The lowest BCUT2D eigenvalue weighted by atomic mass is 9.88. The third-order valence-electron chi connectivity index (χ3n) is 4.66. The number of anilines is 1. The lowest BCUT2D eigenvalue weighted by Gasteiger charge is -2.35. The molecule has 27 heavy (non-hydrogen) atoms. The summed E-state index contributed by atoms with van der Waals surface area (Å²) >= 11 is 0. The smallest absolute Gasteiger partial charge is 0.154 e. The van der Waals surface area contributed by atoms with E-state index in [1.54, 1.807) is 0 Å². The van der Waals surface area contributed by atoms with Gasteiger partial charge in [0.05, 0.1) is 24.8 Å². The summed E-state index contributed by atoms with van der Waals surface area (Å²) in [6, 6.07) is 5.77. The van der Waals surface area contributed by atoms with Crippen LogP contribution >= 0.6 is 0 Å². The number of nitrogens with zero attached hydrogens (tertiary/aromatic N) is 2. The van der Waals surface area contributed by atoms with E-state index in [0.29, 0.717) is 25.6 Å². The maximum absolute atomic E-state index is 6.12. The number of rotatable bonds is 7. The second-order valence-electron chi connectivity index (χ2n) is 6.45. The number of hydrogen-bond donors (Lipinski definition) is 4. The second-order valence-corrected chi connectivity index (χ2v) is 6.45. The number of fused-ring (bicyclic) bond motifs is 1. The molecule has 0 saturated heterocycles. The van der Waals surface area contributed by atoms with Gasteiger partial charge in [-0.05, 0) is 38.5 Å². The molecule has 146 valence electrons. The minimum absolute atomic E-state index is 0.0762. The fourth-order valence-corrected chi connectivity index (χ4v) is 3.33. The molecule has 0 radical (unpaired) electrons. The van der Waals surface area contributed by atoms with Gasteiger partial charge >= 0.3 is 0 Å². The molecule has 3 atom stereocenters. The Morgan fingerprint density at radius 1 is 1.22 bits per heavy atom. The van der Waals surface area contributed by atoms with E-state index in [1.165, 1.54) is 0 Å². The monoisotopic (exact) mass is 372 g/mol. The van der Waals surface area contributed by atoms with Crippen LogP contribution in [0.5, 0.6) is 11.5 Å². The molecule has 3 unspecified atom stereocenters. The first-order chi connectivity index (χ1) is 13.0. The molecular weight excluding hydrogens is 344 g/mol. The van der Waals surface area contributed by atoms with Gasteiger partial charge in [-0.15, -0.1) is 0 Å². The highest BCUT2D eigenvalue weighted by Gasteiger charge is 2.34. The molecule has 8 nitrogen and oxygen atoms in total. The van der Waals surface area contributed by atoms with Crippen LogP contribution in [0.2, 0.25) is 0 Å². The van der Waals surface area contributed by atoms with Gasteiger partial charge in [-0.25, -0.2) is 4.99 Å². The number of ether oxygens (including phenoxy) is 2. The van der Waals surface area contributed by atoms with Crippen LogP contribution in [0.4, 0.5) is 5.69 Å². The van der Waals surface area contributed by atoms with Gasteiger partial charge in [-0.1, -0.05) is 5.57 Å². The van der Waals surface area contributed by atoms with Crippen molar-refractivity contribution in [3.8, 4) is 11.5 Å². The highest BCUT2D eigenvalue weighted by molar-refractivity contribution is 5.92. The van der Waals surface area contributed by atoms with Crippen molar-refractivity contribution >= 4 is 17.7 Å². The first-order valence-electron chi connectivity index (χ1n) is 9.24. The van der Waals surface area contributed by atoms with Gasteiger partial charge in [0.25, 0.3) is 0 Å². The lowest BCUT2D eigenvalue weighted by molar-refractivity contribution is 0.332. The summed E-state index contributed by atoms with van der Waals surface area (Å²) in [7, 11) is 0. The maximum Gasteiger partial charge on any atom is 0.154 e. The van der Waals surface area contributed by atoms with Crippen LogP contribution < -0.4 is 31.6 Å². The molecule has 0 bridgehead atoms. The van der Waals surface area contributed by atoms with Gasteiger partial charge in [0.1, 0.15) is 23.5 Å². The molecule has 0 fully saturated rings. The molecule has 3 rings (SSSR count). The Kier molecular flexibility index (Phi) is 5.98. The molecule has 0 aliphatic carbocycles. The van der Waals surface area contributed by atoms with Crippen molar-refractivity contribution < 1.29 is 9.47 Å². The summed E-state index contributed by atoms with van der Waals surface area (Å²) < 4.78 is 11.3. The standard InChI is InChI=1S/C19H28N6O2/c1-4-26-13-6-7-15(27-5-2)14(8-13)22-9-12-10-23-18-16(11(12)3)17(20)24-19(21)25-18/h6-8,10,16,18-19,22,25H,4-5,9,21H2,1-3H3,(H2,20,24). The first kappa shape index (κ1) is 19.2. The van der Waals surface area contributed by atoms with Crippen LogP contribution in [0.15, 0.2) is 39.3 Å². The molecule has 2 heterocycles. The molecular formula is C19H28N6O2. The average molecular weight is 372 g/mol. The van der Waals surface area contributed by atoms with Crippen molar-refractivity contribution in [1.82, 2.24) is 5.32 Å². The SMILES string of the molecule is CCOc1ccc(OCC)c(NCC2=C(C)C3C(N)=NC(N)NC3N=C2)c1. The Morgan fingerprint density at radius 3 is 2.74 bits per heavy atom. The van der Waals surface area contributed by atoms with Crippen LogP contribution in [0.1, 0.15) is 20.8 Å². The Balaban J connectivity index is 1.79. The Hall–Kier alpha value is -2.58. The second kappa shape index (κ2) is 8.41. The number of amidine groups is 1. The van der Waals surface area contributed by atoms with E-state index >= 15 is 0 Å². The summed E-state index contributed by atoms with van der Waals surface area (Å²) in [6.07, 6.45) is 1.20. The van der Waals surface area contributed by atoms with Crippen molar-refractivity contribution in [1.29, 1.82) is 0 Å². The van der Waals surface area contributed by atoms with Crippen LogP contribution in [-0.4, -0.2) is 44.3 Å². The van der Waals surface area contributed by atoms with Crippen LogP contribution in [0.3, 0.4) is 0 Å². The molecule has 6 N–H and O–H groups in total. The minimum Gasteiger partial charge on any atom is -0.494 e. The van der Waals surface area contributed by atoms with Gasteiger partial charge in [0.2, 0.25) is 0 Å². The predicted molar refractivity (Wildman–Crippen MR) is 108 cm³/mol. The minimum atomic E-state index is -0.508. The number of nitrogens with one attached hydrogen (secondary N) is 2. The van der Waals surface area contributed by atoms with E-state index in [4.69, 9.17) is 20.9 Å². The quantitative estimate of drug-likeness (QED) is 0.575. The van der Waals surface area contributed by atoms with Gasteiger partial charge in [0, 0.05) is 18.8 Å². The van der Waals surface area contributed by atoms with Gasteiger partial charge in [-0.2, -0.15) is 0 Å². The summed E-state index contributed by atoms with van der Waals surface area (Å²) in [6.45, 7) is 7.77. The summed E-state index contributed by atoms with van der Waals surface area (Å²) in [4.78, 5) is 8.81. The van der Waals surface area contributed by atoms with Crippen LogP contribution in [0.25, 0.3) is 0 Å². The normalized spacial score (nSPS) is 24.3.